The van der Waals surface area contributed by atoms with Gasteiger partial charge in [-0.3, -0.25) is 9.78 Å². The molecule has 0 fully saturated rings. The van der Waals surface area contributed by atoms with Gasteiger partial charge in [-0.1, -0.05) is 38.2 Å². The molecule has 3 rings (SSSR count). The van der Waals surface area contributed by atoms with Gasteiger partial charge in [-0.25, -0.2) is 0 Å². The van der Waals surface area contributed by atoms with E-state index >= 15 is 0 Å². The Morgan fingerprint density at radius 2 is 1.95 bits per heavy atom. The van der Waals surface area contributed by atoms with Crippen molar-refractivity contribution in [3.05, 3.63) is 58.3 Å². The van der Waals surface area contributed by atoms with Gasteiger partial charge in [0, 0.05) is 35.3 Å². The molecule has 0 saturated heterocycles. The van der Waals surface area contributed by atoms with Gasteiger partial charge in [0.05, 0.1) is 0 Å². The number of aromatic nitrogens is 2. The molecule has 2 aromatic heterocycles. The molecule has 1 aliphatic rings. The molecule has 0 aliphatic heterocycles. The van der Waals surface area contributed by atoms with E-state index in [1.807, 2.05) is 26.0 Å². The Bertz CT molecular complexity index is 743. The fourth-order valence-electron chi connectivity index (χ4n) is 2.12. The van der Waals surface area contributed by atoms with E-state index in [0.29, 0.717) is 0 Å². The third kappa shape index (κ3) is 3.11. The molecule has 0 bridgehead atoms. The second kappa shape index (κ2) is 6.70. The van der Waals surface area contributed by atoms with E-state index in [2.05, 4.69) is 22.1 Å². The average Bonchev–Trinajstić information content (AvgIpc) is 2.77. The van der Waals surface area contributed by atoms with Crippen LogP contribution in [0.2, 0.25) is 0 Å². The summed E-state index contributed by atoms with van der Waals surface area (Å²) in [5.41, 5.74) is 3.19. The summed E-state index contributed by atoms with van der Waals surface area (Å²) in [6.07, 6.45) is 14.2. The summed E-state index contributed by atoms with van der Waals surface area (Å²) in [7, 11) is 0. The number of nitrogens with zero attached hydrogens (tertiary/aromatic N) is 1. The standard InChI is InChI=1S/C15H12N2O2.C2H6/c18-14-6-11(8-17-15(14)19)13-9-16-7-10-4-2-1-3-5-12(10)13;1-2/h2-9,18H,1H2,(H,17,19);1-2H3. The van der Waals surface area contributed by atoms with E-state index in [4.69, 9.17) is 0 Å². The topological polar surface area (TPSA) is 66.0 Å². The van der Waals surface area contributed by atoms with Gasteiger partial charge in [-0.15, -0.1) is 0 Å². The highest BCUT2D eigenvalue weighted by atomic mass is 16.3. The third-order valence-electron chi connectivity index (χ3n) is 3.07. The van der Waals surface area contributed by atoms with Crippen LogP contribution in [-0.4, -0.2) is 15.1 Å². The Hall–Kier alpha value is -2.62. The number of nitrogens with one attached hydrogen (secondary N) is 1. The van der Waals surface area contributed by atoms with E-state index in [9.17, 15) is 9.90 Å². The molecule has 2 N–H and O–H groups in total. The van der Waals surface area contributed by atoms with Crippen LogP contribution in [0.3, 0.4) is 0 Å². The van der Waals surface area contributed by atoms with Crippen LogP contribution in [0.15, 0.2) is 41.6 Å². The van der Waals surface area contributed by atoms with Crippen molar-refractivity contribution in [2.75, 3.05) is 0 Å². The number of fused-ring (bicyclic) bond motifs is 1. The fourth-order valence-corrected chi connectivity index (χ4v) is 2.12. The lowest BCUT2D eigenvalue weighted by Gasteiger charge is -2.08. The van der Waals surface area contributed by atoms with Gasteiger partial charge < -0.3 is 10.1 Å². The van der Waals surface area contributed by atoms with Crippen molar-refractivity contribution in [2.45, 2.75) is 20.3 Å². The first-order chi connectivity index (χ1) is 10.3. The van der Waals surface area contributed by atoms with Crippen molar-refractivity contribution in [1.82, 2.24) is 9.97 Å². The lowest BCUT2D eigenvalue weighted by molar-refractivity contribution is 0.467. The number of allylic oxidation sites excluding steroid dienone is 2. The van der Waals surface area contributed by atoms with Gasteiger partial charge in [-0.05, 0) is 18.1 Å². The Morgan fingerprint density at radius 3 is 2.71 bits per heavy atom. The smallest absolute Gasteiger partial charge is 0.290 e. The Balaban J connectivity index is 0.000000774. The van der Waals surface area contributed by atoms with E-state index in [0.717, 1.165) is 28.7 Å². The minimum atomic E-state index is -0.492. The number of aromatic hydroxyl groups is 1. The minimum Gasteiger partial charge on any atom is -0.503 e. The van der Waals surface area contributed by atoms with Gasteiger partial charge in [-0.2, -0.15) is 0 Å². The van der Waals surface area contributed by atoms with Crippen LogP contribution in [0.5, 0.6) is 5.75 Å². The summed E-state index contributed by atoms with van der Waals surface area (Å²) in [5.74, 6) is -0.289. The summed E-state index contributed by atoms with van der Waals surface area (Å²) >= 11 is 0. The molecule has 2 aromatic rings. The van der Waals surface area contributed by atoms with Gasteiger partial charge in [0.25, 0.3) is 5.56 Å². The second-order valence-electron chi connectivity index (χ2n) is 4.33. The molecule has 0 spiro atoms. The van der Waals surface area contributed by atoms with Crippen molar-refractivity contribution in [3.63, 3.8) is 0 Å². The summed E-state index contributed by atoms with van der Waals surface area (Å²) in [4.78, 5) is 17.9. The average molecular weight is 282 g/mol. The summed E-state index contributed by atoms with van der Waals surface area (Å²) in [5, 5.41) is 9.52. The van der Waals surface area contributed by atoms with Crippen molar-refractivity contribution in [2.24, 2.45) is 0 Å². The zero-order chi connectivity index (χ0) is 15.2. The first-order valence-corrected chi connectivity index (χ1v) is 6.99. The van der Waals surface area contributed by atoms with Crippen molar-refractivity contribution in [1.29, 1.82) is 0 Å². The van der Waals surface area contributed by atoms with Gasteiger partial charge >= 0.3 is 0 Å². The fraction of sp³-hybridized carbons (Fsp3) is 0.176. The number of aromatic amines is 1. The zero-order valence-corrected chi connectivity index (χ0v) is 12.1. The van der Waals surface area contributed by atoms with Crippen LogP contribution >= 0.6 is 0 Å². The van der Waals surface area contributed by atoms with Crippen molar-refractivity contribution in [3.8, 4) is 16.9 Å². The lowest BCUT2D eigenvalue weighted by Crippen LogP contribution is -2.04. The maximum atomic E-state index is 11.2. The van der Waals surface area contributed by atoms with Crippen molar-refractivity contribution >= 4 is 12.2 Å². The molecule has 0 atom stereocenters. The molecule has 0 radical (unpaired) electrons. The van der Waals surface area contributed by atoms with Crippen LogP contribution in [0.25, 0.3) is 23.3 Å². The molecule has 21 heavy (non-hydrogen) atoms. The molecule has 0 unspecified atom stereocenters. The maximum absolute atomic E-state index is 11.2. The highest BCUT2D eigenvalue weighted by Gasteiger charge is 2.10. The van der Waals surface area contributed by atoms with E-state index in [1.165, 1.54) is 6.07 Å². The third-order valence-corrected chi connectivity index (χ3v) is 3.07. The molecule has 0 aromatic carbocycles. The van der Waals surface area contributed by atoms with Gasteiger partial charge in [0.15, 0.2) is 5.75 Å². The normalized spacial score (nSPS) is 12.1. The predicted molar refractivity (Wildman–Crippen MR) is 86.0 cm³/mol. The van der Waals surface area contributed by atoms with Crippen LogP contribution in [-0.2, 0) is 0 Å². The Labute approximate surface area is 123 Å². The highest BCUT2D eigenvalue weighted by molar-refractivity contribution is 5.81. The number of hydrogen-bond donors (Lipinski definition) is 2. The molecule has 4 nitrogen and oxygen atoms in total. The minimum absolute atomic E-state index is 0.289. The first kappa shape index (κ1) is 14.8. The summed E-state index contributed by atoms with van der Waals surface area (Å²) in [6.45, 7) is 4.00. The summed E-state index contributed by atoms with van der Waals surface area (Å²) in [6, 6.07) is 1.46. The first-order valence-electron chi connectivity index (χ1n) is 6.99. The second-order valence-corrected chi connectivity index (χ2v) is 4.33. The number of H-pyrrole nitrogens is 1. The van der Waals surface area contributed by atoms with E-state index < -0.39 is 5.56 Å². The van der Waals surface area contributed by atoms with Crippen LogP contribution in [0.4, 0.5) is 0 Å². The molecule has 0 saturated carbocycles. The molecule has 1 aliphatic carbocycles. The van der Waals surface area contributed by atoms with Gasteiger partial charge in [0.2, 0.25) is 0 Å². The van der Waals surface area contributed by atoms with Gasteiger partial charge in [0.1, 0.15) is 0 Å². The largest absolute Gasteiger partial charge is 0.503 e. The number of pyridine rings is 2. The summed E-state index contributed by atoms with van der Waals surface area (Å²) < 4.78 is 0. The Kier molecular flexibility index (Phi) is 4.72. The zero-order valence-electron chi connectivity index (χ0n) is 12.1. The van der Waals surface area contributed by atoms with Crippen molar-refractivity contribution < 1.29 is 5.11 Å². The van der Waals surface area contributed by atoms with Crippen LogP contribution in [0.1, 0.15) is 31.4 Å². The van der Waals surface area contributed by atoms with E-state index in [-0.39, 0.29) is 5.75 Å². The SMILES string of the molecule is CC.O=c1[nH]cc(-c2cncc3c2C=CCC=C3)cc1O. The molecule has 0 amide bonds. The monoisotopic (exact) mass is 282 g/mol. The highest BCUT2D eigenvalue weighted by Crippen LogP contribution is 2.29. The molecule has 4 heteroatoms. The van der Waals surface area contributed by atoms with Crippen LogP contribution in [0, 0.1) is 0 Å². The van der Waals surface area contributed by atoms with E-state index in [1.54, 1.807) is 18.6 Å². The number of hydrogen-bond acceptors (Lipinski definition) is 3. The predicted octanol–water partition coefficient (Wildman–Crippen LogP) is 3.60. The Morgan fingerprint density at radius 1 is 1.19 bits per heavy atom. The van der Waals surface area contributed by atoms with Crippen LogP contribution < -0.4 is 5.56 Å². The molecular weight excluding hydrogens is 264 g/mol. The molecule has 2 heterocycles. The number of rotatable bonds is 1. The maximum Gasteiger partial charge on any atom is 0.290 e. The molecule has 108 valence electrons. The molecular formula is C17H18N2O2. The lowest BCUT2D eigenvalue weighted by atomic mass is 9.99. The quantitative estimate of drug-likeness (QED) is 0.840.